The number of ether oxygens (including phenoxy) is 1. The molecular formula is C13H16ClN3O. The lowest BCUT2D eigenvalue weighted by Gasteiger charge is -2.18. The summed E-state index contributed by atoms with van der Waals surface area (Å²) in [6.45, 7) is 2.68. The lowest BCUT2D eigenvalue weighted by atomic mass is 10.2. The number of hydrogen-bond donors (Lipinski definition) is 1. The van der Waals surface area contributed by atoms with E-state index in [0.717, 1.165) is 11.4 Å². The van der Waals surface area contributed by atoms with Crippen LogP contribution in [-0.4, -0.2) is 29.5 Å². The fourth-order valence-corrected chi connectivity index (χ4v) is 2.08. The number of benzene rings is 1. The second-order valence-corrected chi connectivity index (χ2v) is 4.49. The van der Waals surface area contributed by atoms with Gasteiger partial charge in [-0.15, -0.1) is 0 Å². The van der Waals surface area contributed by atoms with Crippen LogP contribution in [0, 0.1) is 0 Å². The van der Waals surface area contributed by atoms with Gasteiger partial charge in [-0.2, -0.15) is 5.10 Å². The number of anilines is 1. The van der Waals surface area contributed by atoms with Crippen LogP contribution in [0.3, 0.4) is 0 Å². The highest BCUT2D eigenvalue weighted by molar-refractivity contribution is 6.33. The Morgan fingerprint density at radius 2 is 2.28 bits per heavy atom. The van der Waals surface area contributed by atoms with Gasteiger partial charge in [-0.05, 0) is 25.1 Å². The van der Waals surface area contributed by atoms with E-state index in [0.29, 0.717) is 11.6 Å². The number of aromatic nitrogens is 2. The largest absolute Gasteiger partial charge is 0.383 e. The number of halogens is 1. The molecule has 0 saturated heterocycles. The van der Waals surface area contributed by atoms with Crippen molar-refractivity contribution >= 4 is 17.3 Å². The van der Waals surface area contributed by atoms with Gasteiger partial charge in [0.25, 0.3) is 0 Å². The number of nitrogens with one attached hydrogen (secondary N) is 1. The van der Waals surface area contributed by atoms with Crippen molar-refractivity contribution in [3.05, 3.63) is 41.7 Å². The van der Waals surface area contributed by atoms with E-state index >= 15 is 0 Å². The molecule has 0 amide bonds. The third-order valence-electron chi connectivity index (χ3n) is 2.54. The van der Waals surface area contributed by atoms with Crippen LogP contribution in [0.1, 0.15) is 6.92 Å². The second kappa shape index (κ2) is 5.89. The molecule has 2 rings (SSSR count). The van der Waals surface area contributed by atoms with Crippen LogP contribution in [0.5, 0.6) is 0 Å². The zero-order valence-electron chi connectivity index (χ0n) is 10.4. The average Bonchev–Trinajstić information content (AvgIpc) is 2.82. The number of para-hydroxylation sites is 1. The minimum Gasteiger partial charge on any atom is -0.383 e. The quantitative estimate of drug-likeness (QED) is 0.903. The Morgan fingerprint density at radius 1 is 1.44 bits per heavy atom. The van der Waals surface area contributed by atoms with E-state index in [2.05, 4.69) is 17.3 Å². The van der Waals surface area contributed by atoms with Crippen LogP contribution in [-0.2, 0) is 4.74 Å². The maximum Gasteiger partial charge on any atom is 0.106 e. The van der Waals surface area contributed by atoms with Gasteiger partial charge in [-0.25, -0.2) is 4.68 Å². The summed E-state index contributed by atoms with van der Waals surface area (Å²) in [6.07, 6.45) is 3.60. The van der Waals surface area contributed by atoms with Crippen LogP contribution in [0.15, 0.2) is 36.7 Å². The summed E-state index contributed by atoms with van der Waals surface area (Å²) in [6, 6.07) is 7.81. The molecule has 2 aromatic rings. The minimum atomic E-state index is 0.197. The van der Waals surface area contributed by atoms with E-state index in [9.17, 15) is 0 Å². The first-order valence-electron chi connectivity index (χ1n) is 5.76. The van der Waals surface area contributed by atoms with Gasteiger partial charge < -0.3 is 10.1 Å². The lowest BCUT2D eigenvalue weighted by Crippen LogP contribution is -2.21. The summed E-state index contributed by atoms with van der Waals surface area (Å²) in [5, 5.41) is 8.25. The predicted molar refractivity (Wildman–Crippen MR) is 73.5 cm³/mol. The highest BCUT2D eigenvalue weighted by atomic mass is 35.5. The van der Waals surface area contributed by atoms with Gasteiger partial charge in [-0.1, -0.05) is 17.7 Å². The zero-order chi connectivity index (χ0) is 13.0. The topological polar surface area (TPSA) is 39.1 Å². The van der Waals surface area contributed by atoms with Crippen LogP contribution in [0.4, 0.5) is 5.69 Å². The molecule has 5 heteroatoms. The second-order valence-electron chi connectivity index (χ2n) is 4.09. The Balaban J connectivity index is 2.33. The summed E-state index contributed by atoms with van der Waals surface area (Å²) < 4.78 is 6.87. The standard InChI is InChI=1S/C13H16ClN3O/c1-10(9-18-2)16-12-6-3-5-11(14)13(12)17-8-4-7-15-17/h3-8,10,16H,9H2,1-2H3. The average molecular weight is 266 g/mol. The summed E-state index contributed by atoms with van der Waals surface area (Å²) in [5.41, 5.74) is 1.79. The van der Waals surface area contributed by atoms with Gasteiger partial charge in [0.1, 0.15) is 5.69 Å². The number of nitrogens with zero attached hydrogens (tertiary/aromatic N) is 2. The summed E-state index contributed by atoms with van der Waals surface area (Å²) >= 11 is 6.25. The minimum absolute atomic E-state index is 0.197. The lowest BCUT2D eigenvalue weighted by molar-refractivity contribution is 0.190. The molecule has 0 radical (unpaired) electrons. The highest BCUT2D eigenvalue weighted by Gasteiger charge is 2.11. The van der Waals surface area contributed by atoms with Crippen molar-refractivity contribution in [3.8, 4) is 5.69 Å². The fourth-order valence-electron chi connectivity index (χ4n) is 1.82. The third kappa shape index (κ3) is 2.83. The molecule has 1 heterocycles. The Kier molecular flexibility index (Phi) is 4.23. The van der Waals surface area contributed by atoms with Crippen molar-refractivity contribution in [1.29, 1.82) is 0 Å². The van der Waals surface area contributed by atoms with E-state index in [1.807, 2.05) is 30.5 Å². The Bertz CT molecular complexity index is 499. The van der Waals surface area contributed by atoms with Crippen LogP contribution < -0.4 is 5.32 Å². The molecular weight excluding hydrogens is 250 g/mol. The Hall–Kier alpha value is -1.52. The number of hydrogen-bond acceptors (Lipinski definition) is 3. The molecule has 0 spiro atoms. The number of rotatable bonds is 5. The maximum absolute atomic E-state index is 6.25. The predicted octanol–water partition coefficient (Wildman–Crippen LogP) is 2.97. The van der Waals surface area contributed by atoms with Gasteiger partial charge in [0.05, 0.1) is 17.3 Å². The van der Waals surface area contributed by atoms with Gasteiger partial charge in [0, 0.05) is 25.5 Å². The van der Waals surface area contributed by atoms with Crippen molar-refractivity contribution in [2.24, 2.45) is 0 Å². The Morgan fingerprint density at radius 3 is 2.94 bits per heavy atom. The van der Waals surface area contributed by atoms with E-state index < -0.39 is 0 Å². The van der Waals surface area contributed by atoms with Gasteiger partial charge in [-0.3, -0.25) is 0 Å². The van der Waals surface area contributed by atoms with E-state index in [1.165, 1.54) is 0 Å². The summed E-state index contributed by atoms with van der Waals surface area (Å²) in [7, 11) is 1.69. The number of methoxy groups -OCH3 is 1. The molecule has 1 aromatic carbocycles. The van der Waals surface area contributed by atoms with Crippen molar-refractivity contribution < 1.29 is 4.74 Å². The molecule has 4 nitrogen and oxygen atoms in total. The molecule has 0 bridgehead atoms. The molecule has 1 atom stereocenters. The molecule has 0 saturated carbocycles. The van der Waals surface area contributed by atoms with E-state index in [1.54, 1.807) is 18.0 Å². The molecule has 1 aromatic heterocycles. The van der Waals surface area contributed by atoms with Crippen LogP contribution >= 0.6 is 11.6 Å². The molecule has 0 aliphatic heterocycles. The monoisotopic (exact) mass is 265 g/mol. The first-order chi connectivity index (χ1) is 8.72. The molecule has 1 N–H and O–H groups in total. The third-order valence-corrected chi connectivity index (χ3v) is 2.84. The van der Waals surface area contributed by atoms with Crippen molar-refractivity contribution in [2.45, 2.75) is 13.0 Å². The molecule has 0 aliphatic rings. The smallest absolute Gasteiger partial charge is 0.106 e. The van der Waals surface area contributed by atoms with Gasteiger partial charge >= 0.3 is 0 Å². The van der Waals surface area contributed by atoms with Crippen molar-refractivity contribution in [1.82, 2.24) is 9.78 Å². The first kappa shape index (κ1) is 12.9. The van der Waals surface area contributed by atoms with Crippen LogP contribution in [0.25, 0.3) is 5.69 Å². The summed E-state index contributed by atoms with van der Waals surface area (Å²) in [5.74, 6) is 0. The molecule has 96 valence electrons. The van der Waals surface area contributed by atoms with Crippen molar-refractivity contribution in [2.75, 3.05) is 19.0 Å². The Labute approximate surface area is 112 Å². The van der Waals surface area contributed by atoms with Gasteiger partial charge in [0.2, 0.25) is 0 Å². The molecule has 18 heavy (non-hydrogen) atoms. The maximum atomic E-state index is 6.25. The van der Waals surface area contributed by atoms with Crippen LogP contribution in [0.2, 0.25) is 5.02 Å². The molecule has 1 unspecified atom stereocenters. The SMILES string of the molecule is COCC(C)Nc1cccc(Cl)c1-n1cccn1. The fraction of sp³-hybridized carbons (Fsp3) is 0.308. The van der Waals surface area contributed by atoms with Crippen molar-refractivity contribution in [3.63, 3.8) is 0 Å². The van der Waals surface area contributed by atoms with E-state index in [-0.39, 0.29) is 6.04 Å². The normalized spacial score (nSPS) is 12.4. The zero-order valence-corrected chi connectivity index (χ0v) is 11.2. The van der Waals surface area contributed by atoms with Gasteiger partial charge in [0.15, 0.2) is 0 Å². The first-order valence-corrected chi connectivity index (χ1v) is 6.14. The molecule has 0 fully saturated rings. The summed E-state index contributed by atoms with van der Waals surface area (Å²) in [4.78, 5) is 0. The molecule has 0 aliphatic carbocycles. The highest BCUT2D eigenvalue weighted by Crippen LogP contribution is 2.28. The van der Waals surface area contributed by atoms with E-state index in [4.69, 9.17) is 16.3 Å².